The fourth-order valence-corrected chi connectivity index (χ4v) is 3.32. The SMILES string of the molecule is COc1cc(C(F)(F)F)ccc1C(C)(C)NC(=O)C1CC(=O)NC(c2ncccn2)N1. The van der Waals surface area contributed by atoms with Crippen LogP contribution in [0.2, 0.25) is 0 Å². The summed E-state index contributed by atoms with van der Waals surface area (Å²) in [6, 6.07) is 3.82. The van der Waals surface area contributed by atoms with Gasteiger partial charge in [0.15, 0.2) is 5.82 Å². The number of ether oxygens (including phenoxy) is 1. The summed E-state index contributed by atoms with van der Waals surface area (Å²) in [4.78, 5) is 33.2. The molecule has 3 rings (SSSR count). The van der Waals surface area contributed by atoms with Crippen molar-refractivity contribution in [3.8, 4) is 5.75 Å². The quantitative estimate of drug-likeness (QED) is 0.661. The van der Waals surface area contributed by atoms with Crippen LogP contribution in [0, 0.1) is 0 Å². The van der Waals surface area contributed by atoms with Gasteiger partial charge in [-0.3, -0.25) is 14.9 Å². The minimum atomic E-state index is -4.52. The number of amides is 2. The van der Waals surface area contributed by atoms with E-state index in [9.17, 15) is 22.8 Å². The van der Waals surface area contributed by atoms with Crippen LogP contribution in [0.4, 0.5) is 13.2 Å². The summed E-state index contributed by atoms with van der Waals surface area (Å²) in [6.07, 6.45) is -2.36. The molecule has 1 saturated heterocycles. The van der Waals surface area contributed by atoms with E-state index < -0.39 is 35.4 Å². The molecule has 2 heterocycles. The Morgan fingerprint density at radius 3 is 2.52 bits per heavy atom. The molecule has 2 amide bonds. The fraction of sp³-hybridized carbons (Fsp3) is 0.400. The zero-order valence-corrected chi connectivity index (χ0v) is 17.1. The predicted octanol–water partition coefficient (Wildman–Crippen LogP) is 2.03. The highest BCUT2D eigenvalue weighted by Crippen LogP contribution is 2.36. The Kier molecular flexibility index (Phi) is 6.16. The molecule has 1 aliphatic heterocycles. The lowest BCUT2D eigenvalue weighted by Crippen LogP contribution is -2.58. The zero-order chi connectivity index (χ0) is 22.8. The Hall–Kier alpha value is -3.21. The summed E-state index contributed by atoms with van der Waals surface area (Å²) in [5.41, 5.74) is -1.58. The highest BCUT2D eigenvalue weighted by atomic mass is 19.4. The van der Waals surface area contributed by atoms with Gasteiger partial charge in [-0.15, -0.1) is 0 Å². The molecule has 3 N–H and O–H groups in total. The first-order valence-corrected chi connectivity index (χ1v) is 9.41. The second-order valence-electron chi connectivity index (χ2n) is 7.56. The van der Waals surface area contributed by atoms with Crippen LogP contribution in [0.3, 0.4) is 0 Å². The van der Waals surface area contributed by atoms with Gasteiger partial charge < -0.3 is 15.4 Å². The lowest BCUT2D eigenvalue weighted by molar-refractivity contribution is -0.137. The van der Waals surface area contributed by atoms with Crippen LogP contribution in [-0.4, -0.2) is 34.9 Å². The monoisotopic (exact) mass is 437 g/mol. The van der Waals surface area contributed by atoms with Crippen molar-refractivity contribution < 1.29 is 27.5 Å². The molecule has 0 spiro atoms. The number of halogens is 3. The third kappa shape index (κ3) is 5.10. The van der Waals surface area contributed by atoms with Crippen LogP contribution in [0.5, 0.6) is 5.75 Å². The van der Waals surface area contributed by atoms with Crippen molar-refractivity contribution in [2.24, 2.45) is 0 Å². The van der Waals surface area contributed by atoms with Crippen molar-refractivity contribution in [1.82, 2.24) is 25.9 Å². The van der Waals surface area contributed by atoms with Gasteiger partial charge in [0, 0.05) is 18.0 Å². The third-order valence-corrected chi connectivity index (χ3v) is 4.86. The smallest absolute Gasteiger partial charge is 0.416 e. The first-order valence-electron chi connectivity index (χ1n) is 9.41. The number of alkyl halides is 3. The highest BCUT2D eigenvalue weighted by Gasteiger charge is 2.37. The number of hydrogen-bond acceptors (Lipinski definition) is 6. The van der Waals surface area contributed by atoms with Crippen LogP contribution < -0.4 is 20.7 Å². The Morgan fingerprint density at radius 1 is 1.23 bits per heavy atom. The largest absolute Gasteiger partial charge is 0.496 e. The van der Waals surface area contributed by atoms with Crippen molar-refractivity contribution in [1.29, 1.82) is 0 Å². The van der Waals surface area contributed by atoms with Crippen LogP contribution in [-0.2, 0) is 21.3 Å². The highest BCUT2D eigenvalue weighted by molar-refractivity contribution is 5.90. The summed E-state index contributed by atoms with van der Waals surface area (Å²) in [5, 5.41) is 8.44. The molecular weight excluding hydrogens is 415 g/mol. The first-order chi connectivity index (χ1) is 14.5. The molecular formula is C20H22F3N5O3. The molecule has 1 aliphatic rings. The Bertz CT molecular complexity index is 966. The number of carbonyl (C=O) groups is 2. The molecule has 8 nitrogen and oxygen atoms in total. The molecule has 0 saturated carbocycles. The Labute approximate surface area is 176 Å². The molecule has 1 fully saturated rings. The molecule has 2 atom stereocenters. The van der Waals surface area contributed by atoms with E-state index in [4.69, 9.17) is 4.74 Å². The van der Waals surface area contributed by atoms with E-state index >= 15 is 0 Å². The van der Waals surface area contributed by atoms with Crippen LogP contribution in [0.25, 0.3) is 0 Å². The number of hydrogen-bond donors (Lipinski definition) is 3. The molecule has 0 bridgehead atoms. The second-order valence-corrected chi connectivity index (χ2v) is 7.56. The van der Waals surface area contributed by atoms with Crippen molar-refractivity contribution in [3.63, 3.8) is 0 Å². The topological polar surface area (TPSA) is 105 Å². The minimum Gasteiger partial charge on any atom is -0.496 e. The number of rotatable bonds is 5. The standard InChI is InChI=1S/C20H22F3N5O3/c1-19(2,12-6-5-11(20(21,22)23)9-14(12)31-3)28-18(30)13-10-15(29)27-17(26-13)16-24-7-4-8-25-16/h4-9,13,17,26H,10H2,1-3H3,(H,27,29)(H,28,30). The zero-order valence-electron chi connectivity index (χ0n) is 17.1. The van der Waals surface area contributed by atoms with Crippen molar-refractivity contribution >= 4 is 11.8 Å². The molecule has 31 heavy (non-hydrogen) atoms. The maximum absolute atomic E-state index is 13.0. The number of nitrogens with zero attached hydrogens (tertiary/aromatic N) is 2. The van der Waals surface area contributed by atoms with Crippen molar-refractivity contribution in [3.05, 3.63) is 53.6 Å². The van der Waals surface area contributed by atoms with Gasteiger partial charge in [0.1, 0.15) is 11.9 Å². The Morgan fingerprint density at radius 2 is 1.90 bits per heavy atom. The van der Waals surface area contributed by atoms with Gasteiger partial charge in [-0.2, -0.15) is 13.2 Å². The van der Waals surface area contributed by atoms with E-state index in [0.29, 0.717) is 11.4 Å². The lowest BCUT2D eigenvalue weighted by atomic mass is 9.91. The molecule has 0 radical (unpaired) electrons. The number of nitrogens with one attached hydrogen (secondary N) is 3. The number of methoxy groups -OCH3 is 1. The minimum absolute atomic E-state index is 0.00923. The predicted molar refractivity (Wildman–Crippen MR) is 104 cm³/mol. The van der Waals surface area contributed by atoms with Gasteiger partial charge in [-0.25, -0.2) is 9.97 Å². The molecule has 11 heteroatoms. The molecule has 166 valence electrons. The summed E-state index contributed by atoms with van der Waals surface area (Å²) < 4.78 is 44.2. The average molecular weight is 437 g/mol. The van der Waals surface area contributed by atoms with Crippen LogP contribution in [0.1, 0.15) is 43.4 Å². The summed E-state index contributed by atoms with van der Waals surface area (Å²) in [5.74, 6) is -0.564. The lowest BCUT2D eigenvalue weighted by Gasteiger charge is -2.34. The van der Waals surface area contributed by atoms with Crippen LogP contribution in [0.15, 0.2) is 36.7 Å². The number of carbonyl (C=O) groups excluding carboxylic acids is 2. The van der Waals surface area contributed by atoms with Gasteiger partial charge in [0.2, 0.25) is 11.8 Å². The van der Waals surface area contributed by atoms with Gasteiger partial charge in [-0.1, -0.05) is 6.07 Å². The summed E-state index contributed by atoms with van der Waals surface area (Å²) in [6.45, 7) is 3.27. The van der Waals surface area contributed by atoms with E-state index in [1.54, 1.807) is 19.9 Å². The number of aromatic nitrogens is 2. The van der Waals surface area contributed by atoms with Gasteiger partial charge in [-0.05, 0) is 32.0 Å². The second kappa shape index (κ2) is 8.50. The summed E-state index contributed by atoms with van der Waals surface area (Å²) >= 11 is 0. The molecule has 2 unspecified atom stereocenters. The van der Waals surface area contributed by atoms with E-state index in [2.05, 4.69) is 25.9 Å². The van der Waals surface area contributed by atoms with Gasteiger partial charge in [0.05, 0.1) is 30.7 Å². The normalized spacial score (nSPS) is 19.5. The fourth-order valence-electron chi connectivity index (χ4n) is 3.32. The molecule has 1 aromatic heterocycles. The summed E-state index contributed by atoms with van der Waals surface area (Å²) in [7, 11) is 1.26. The number of benzene rings is 1. The molecule has 0 aliphatic carbocycles. The average Bonchev–Trinajstić information content (AvgIpc) is 2.72. The van der Waals surface area contributed by atoms with Crippen LogP contribution >= 0.6 is 0 Å². The van der Waals surface area contributed by atoms with E-state index in [1.165, 1.54) is 25.6 Å². The van der Waals surface area contributed by atoms with Crippen molar-refractivity contribution in [2.45, 2.75) is 44.2 Å². The third-order valence-electron chi connectivity index (χ3n) is 4.86. The van der Waals surface area contributed by atoms with E-state index in [0.717, 1.165) is 12.1 Å². The van der Waals surface area contributed by atoms with E-state index in [1.807, 2.05) is 0 Å². The molecule has 2 aromatic rings. The van der Waals surface area contributed by atoms with E-state index in [-0.39, 0.29) is 18.1 Å². The maximum Gasteiger partial charge on any atom is 0.416 e. The molecule has 1 aromatic carbocycles. The van der Waals surface area contributed by atoms with Crippen molar-refractivity contribution in [2.75, 3.05) is 7.11 Å². The Balaban J connectivity index is 1.79. The van der Waals surface area contributed by atoms with Gasteiger partial charge >= 0.3 is 6.18 Å². The maximum atomic E-state index is 13.0. The first kappa shape index (κ1) is 22.5. The van der Waals surface area contributed by atoms with Gasteiger partial charge in [0.25, 0.3) is 0 Å².